The maximum atomic E-state index is 13.6. The van der Waals surface area contributed by atoms with Crippen LogP contribution in [-0.4, -0.2) is 55.5 Å². The molecule has 1 aliphatic rings. The maximum absolute atomic E-state index is 13.6. The first-order valence-corrected chi connectivity index (χ1v) is 11.6. The van der Waals surface area contributed by atoms with E-state index in [1.54, 1.807) is 29.4 Å². The highest BCUT2D eigenvalue weighted by Gasteiger charge is 2.33. The van der Waals surface area contributed by atoms with Gasteiger partial charge in [-0.3, -0.25) is 14.5 Å². The molecule has 0 atom stereocenters. The number of likely N-dealkylation sites (tertiary alicyclic amines) is 1. The summed E-state index contributed by atoms with van der Waals surface area (Å²) in [4.78, 5) is 30.1. The molecule has 1 saturated heterocycles. The lowest BCUT2D eigenvalue weighted by Crippen LogP contribution is -2.41. The minimum absolute atomic E-state index is 0.0297. The van der Waals surface area contributed by atoms with Crippen LogP contribution in [0.15, 0.2) is 48.8 Å². The van der Waals surface area contributed by atoms with E-state index in [4.69, 9.17) is 9.84 Å². The van der Waals surface area contributed by atoms with Crippen LogP contribution in [0.2, 0.25) is 0 Å². The van der Waals surface area contributed by atoms with E-state index in [0.717, 1.165) is 16.8 Å². The van der Waals surface area contributed by atoms with Crippen molar-refractivity contribution < 1.29 is 23.8 Å². The molecule has 8 nitrogen and oxygen atoms in total. The highest BCUT2D eigenvalue weighted by Crippen LogP contribution is 2.41. The summed E-state index contributed by atoms with van der Waals surface area (Å²) in [6.45, 7) is 6.17. The monoisotopic (exact) mass is 480 g/mol. The fourth-order valence-corrected chi connectivity index (χ4v) is 4.41. The molecule has 3 aromatic rings. The van der Waals surface area contributed by atoms with Gasteiger partial charge in [-0.1, -0.05) is 0 Å². The van der Waals surface area contributed by atoms with Gasteiger partial charge in [0.1, 0.15) is 23.7 Å². The van der Waals surface area contributed by atoms with Gasteiger partial charge >= 0.3 is 12.1 Å². The summed E-state index contributed by atoms with van der Waals surface area (Å²) in [5.41, 5.74) is 3.14. The normalized spacial score (nSPS) is 14.7. The van der Waals surface area contributed by atoms with E-state index in [2.05, 4.69) is 4.98 Å². The van der Waals surface area contributed by atoms with Crippen molar-refractivity contribution in [3.8, 4) is 22.4 Å². The third kappa shape index (κ3) is 5.67. The van der Waals surface area contributed by atoms with Crippen LogP contribution in [0.1, 0.15) is 45.2 Å². The lowest BCUT2D eigenvalue weighted by molar-refractivity contribution is -0.137. The van der Waals surface area contributed by atoms with E-state index in [1.165, 1.54) is 16.8 Å². The average molecular weight is 481 g/mol. The lowest BCUT2D eigenvalue weighted by atomic mass is 9.87. The van der Waals surface area contributed by atoms with Crippen molar-refractivity contribution in [2.24, 2.45) is 0 Å². The Hall–Kier alpha value is -3.75. The molecule has 0 radical (unpaired) electrons. The number of aliphatic carboxylic acids is 1. The number of carbonyl (C=O) groups excluding carboxylic acids is 1. The van der Waals surface area contributed by atoms with Gasteiger partial charge in [0.05, 0.1) is 5.69 Å². The number of carboxylic acids is 1. The number of carboxylic acid groups (broad SMARTS) is 1. The van der Waals surface area contributed by atoms with E-state index < -0.39 is 11.6 Å². The van der Waals surface area contributed by atoms with Gasteiger partial charge in [0.2, 0.25) is 0 Å². The maximum Gasteiger partial charge on any atom is 0.410 e. The van der Waals surface area contributed by atoms with Crippen LogP contribution in [0.5, 0.6) is 0 Å². The summed E-state index contributed by atoms with van der Waals surface area (Å²) in [7, 11) is 0. The number of hydrogen-bond donors (Lipinski definition) is 1. The molecule has 0 saturated carbocycles. The van der Waals surface area contributed by atoms with Crippen molar-refractivity contribution >= 4 is 12.1 Å². The lowest BCUT2D eigenvalue weighted by Gasteiger charge is -2.34. The second-order valence-electron chi connectivity index (χ2n) is 9.64. The molecule has 1 aromatic carbocycles. The molecule has 0 unspecified atom stereocenters. The number of ether oxygens (including phenoxy) is 1. The molecular formula is C26H29FN4O4. The molecular weight excluding hydrogens is 451 g/mol. The molecule has 2 aromatic heterocycles. The molecule has 0 spiro atoms. The number of benzene rings is 1. The smallest absolute Gasteiger partial charge is 0.410 e. The van der Waals surface area contributed by atoms with E-state index in [0.29, 0.717) is 37.2 Å². The van der Waals surface area contributed by atoms with Crippen LogP contribution >= 0.6 is 0 Å². The van der Waals surface area contributed by atoms with E-state index in [-0.39, 0.29) is 24.4 Å². The molecule has 1 aliphatic heterocycles. The van der Waals surface area contributed by atoms with Crippen molar-refractivity contribution in [3.05, 3.63) is 60.3 Å². The molecule has 0 bridgehead atoms. The second kappa shape index (κ2) is 9.85. The van der Waals surface area contributed by atoms with Crippen LogP contribution in [0.25, 0.3) is 22.4 Å². The molecule has 1 amide bonds. The number of hydrogen-bond acceptors (Lipinski definition) is 5. The first-order valence-electron chi connectivity index (χ1n) is 11.6. The molecule has 0 aliphatic carbocycles. The van der Waals surface area contributed by atoms with Gasteiger partial charge in [0.25, 0.3) is 0 Å². The van der Waals surface area contributed by atoms with E-state index in [1.807, 2.05) is 32.9 Å². The predicted molar refractivity (Wildman–Crippen MR) is 128 cm³/mol. The Bertz CT molecular complexity index is 1190. The number of nitrogens with zero attached hydrogens (tertiary/aromatic N) is 4. The van der Waals surface area contributed by atoms with Gasteiger partial charge in [-0.25, -0.2) is 9.18 Å². The van der Waals surface area contributed by atoms with Crippen LogP contribution in [-0.2, 0) is 16.1 Å². The molecule has 35 heavy (non-hydrogen) atoms. The summed E-state index contributed by atoms with van der Waals surface area (Å²) in [5, 5.41) is 14.3. The van der Waals surface area contributed by atoms with Gasteiger partial charge < -0.3 is 14.7 Å². The highest BCUT2D eigenvalue weighted by atomic mass is 19.1. The zero-order valence-electron chi connectivity index (χ0n) is 20.1. The van der Waals surface area contributed by atoms with Gasteiger partial charge in [-0.2, -0.15) is 5.10 Å². The number of rotatable bonds is 5. The number of pyridine rings is 1. The fourth-order valence-electron chi connectivity index (χ4n) is 4.41. The molecule has 9 heteroatoms. The summed E-state index contributed by atoms with van der Waals surface area (Å²) in [5.74, 6) is -1.40. The number of aromatic nitrogens is 3. The van der Waals surface area contributed by atoms with Crippen LogP contribution in [0.3, 0.4) is 0 Å². The third-order valence-electron chi connectivity index (χ3n) is 5.90. The Balaban J connectivity index is 1.75. The van der Waals surface area contributed by atoms with Gasteiger partial charge in [0, 0.05) is 42.5 Å². The standard InChI is InChI=1S/C26H29FN4O4/c1-26(2,3)35-25(34)30-14-10-19(11-15-30)24-22(17-8-12-28-13-9-17)23(29-31(24)16-21(32)33)18-4-6-20(27)7-5-18/h4-9,12-13,19H,10-11,14-16H2,1-3H3,(H,32,33). The average Bonchev–Trinajstić information content (AvgIpc) is 3.17. The number of halogens is 1. The summed E-state index contributed by atoms with van der Waals surface area (Å²) in [6.07, 6.45) is 4.26. The van der Waals surface area contributed by atoms with E-state index in [9.17, 15) is 19.1 Å². The second-order valence-corrected chi connectivity index (χ2v) is 9.64. The minimum atomic E-state index is -1.01. The Morgan fingerprint density at radius 3 is 2.26 bits per heavy atom. The van der Waals surface area contributed by atoms with Crippen LogP contribution in [0.4, 0.5) is 9.18 Å². The molecule has 184 valence electrons. The van der Waals surface area contributed by atoms with Crippen LogP contribution in [0, 0.1) is 5.82 Å². The molecule has 1 fully saturated rings. The van der Waals surface area contributed by atoms with Crippen LogP contribution < -0.4 is 0 Å². The molecule has 4 rings (SSSR count). The topological polar surface area (TPSA) is 97.5 Å². The third-order valence-corrected chi connectivity index (χ3v) is 5.90. The predicted octanol–water partition coefficient (Wildman–Crippen LogP) is 4.95. The van der Waals surface area contributed by atoms with Gasteiger partial charge in [0.15, 0.2) is 0 Å². The fraction of sp³-hybridized carbons (Fsp3) is 0.385. The number of amides is 1. The number of carbonyl (C=O) groups is 2. The molecule has 1 N–H and O–H groups in total. The summed E-state index contributed by atoms with van der Waals surface area (Å²) < 4.78 is 20.7. The Kier molecular flexibility index (Phi) is 6.86. The first kappa shape index (κ1) is 24.4. The van der Waals surface area contributed by atoms with Gasteiger partial charge in [-0.05, 0) is 75.6 Å². The SMILES string of the molecule is CC(C)(C)OC(=O)N1CCC(c2c(-c3ccncc3)c(-c3ccc(F)cc3)nn2CC(=O)O)CC1. The summed E-state index contributed by atoms with van der Waals surface area (Å²) in [6, 6.07) is 9.72. The summed E-state index contributed by atoms with van der Waals surface area (Å²) >= 11 is 0. The Morgan fingerprint density at radius 1 is 1.06 bits per heavy atom. The van der Waals surface area contributed by atoms with E-state index >= 15 is 0 Å². The molecule has 3 heterocycles. The Labute approximate surface area is 203 Å². The van der Waals surface area contributed by atoms with Gasteiger partial charge in [-0.15, -0.1) is 0 Å². The first-order chi connectivity index (χ1) is 16.6. The number of piperidine rings is 1. The van der Waals surface area contributed by atoms with Crippen molar-refractivity contribution in [1.82, 2.24) is 19.7 Å². The Morgan fingerprint density at radius 2 is 1.69 bits per heavy atom. The largest absolute Gasteiger partial charge is 0.480 e. The van der Waals surface area contributed by atoms with Crippen molar-refractivity contribution in [1.29, 1.82) is 0 Å². The highest BCUT2D eigenvalue weighted by molar-refractivity contribution is 5.83. The van der Waals surface area contributed by atoms with Crippen molar-refractivity contribution in [2.75, 3.05) is 13.1 Å². The van der Waals surface area contributed by atoms with Crippen molar-refractivity contribution in [2.45, 2.75) is 51.7 Å². The minimum Gasteiger partial charge on any atom is -0.480 e. The quantitative estimate of drug-likeness (QED) is 0.555. The van der Waals surface area contributed by atoms with Crippen molar-refractivity contribution in [3.63, 3.8) is 0 Å². The zero-order valence-corrected chi connectivity index (χ0v) is 20.1. The zero-order chi connectivity index (χ0) is 25.2.